The van der Waals surface area contributed by atoms with Gasteiger partial charge >= 0.3 is 0 Å². The number of hydrogen-bond donors (Lipinski definition) is 2. The topological polar surface area (TPSA) is 43.7 Å². The molecule has 2 N–H and O–H groups in total. The van der Waals surface area contributed by atoms with E-state index in [2.05, 4.69) is 44.4 Å². The van der Waals surface area contributed by atoms with Gasteiger partial charge in [-0.1, -0.05) is 61.9 Å². The Hall–Kier alpha value is -1.34. The van der Waals surface area contributed by atoms with Crippen molar-refractivity contribution >= 4 is 0 Å². The lowest BCUT2D eigenvalue weighted by Gasteiger charge is -2.42. The fourth-order valence-electron chi connectivity index (χ4n) is 4.25. The van der Waals surface area contributed by atoms with Crippen LogP contribution in [0.2, 0.25) is 0 Å². The summed E-state index contributed by atoms with van der Waals surface area (Å²) in [6, 6.07) is 9.94. The first kappa shape index (κ1) is 21.0. The molecule has 26 heavy (non-hydrogen) atoms. The van der Waals surface area contributed by atoms with Gasteiger partial charge in [-0.25, -0.2) is 0 Å². The molecule has 0 spiro atoms. The molecule has 2 rings (SSSR count). The number of hydrogen-bond acceptors (Lipinski definition) is 3. The molecule has 1 atom stereocenters. The van der Waals surface area contributed by atoms with Crippen LogP contribution in [-0.2, 0) is 5.60 Å². The summed E-state index contributed by atoms with van der Waals surface area (Å²) in [6.45, 7) is 9.78. The number of aliphatic hydroxyl groups is 2. The van der Waals surface area contributed by atoms with E-state index in [1.54, 1.807) is 0 Å². The van der Waals surface area contributed by atoms with Crippen LogP contribution in [0.5, 0.6) is 0 Å². The van der Waals surface area contributed by atoms with Crippen molar-refractivity contribution in [2.24, 2.45) is 5.41 Å². The monoisotopic (exact) mass is 357 g/mol. The van der Waals surface area contributed by atoms with Crippen molar-refractivity contribution in [3.63, 3.8) is 0 Å². The van der Waals surface area contributed by atoms with Crippen LogP contribution in [0.3, 0.4) is 0 Å². The van der Waals surface area contributed by atoms with Gasteiger partial charge in [0.2, 0.25) is 0 Å². The molecule has 0 aromatic heterocycles. The van der Waals surface area contributed by atoms with Gasteiger partial charge in [0, 0.05) is 17.5 Å². The fraction of sp³-hybridized carbons (Fsp3) is 0.652. The zero-order chi connectivity index (χ0) is 19.3. The summed E-state index contributed by atoms with van der Waals surface area (Å²) in [7, 11) is 0. The summed E-state index contributed by atoms with van der Waals surface area (Å²) >= 11 is 0. The Balaban J connectivity index is 2.38. The molecule has 1 saturated carbocycles. The van der Waals surface area contributed by atoms with Crippen LogP contribution in [-0.4, -0.2) is 40.3 Å². The second kappa shape index (κ2) is 8.57. The molecule has 0 heterocycles. The van der Waals surface area contributed by atoms with E-state index in [-0.39, 0.29) is 17.6 Å². The summed E-state index contributed by atoms with van der Waals surface area (Å²) in [6.07, 6.45) is 5.27. The third-order valence-electron chi connectivity index (χ3n) is 6.05. The first-order valence-electron chi connectivity index (χ1n) is 9.93. The minimum atomic E-state index is -1.12. The standard InChI is InChI=1S/C23H35NO2/c1-5-22(14-9-10-15-22)23(26,20-12-7-6-8-13-20)16-11-17-24(18-19-25)21(2,3)4/h6-8,12-13,25-26H,5,9-10,14-15,17-19H2,1-4H3/t23-/m0/s1. The smallest absolute Gasteiger partial charge is 0.156 e. The summed E-state index contributed by atoms with van der Waals surface area (Å²) < 4.78 is 0. The SMILES string of the molecule is CCC1([C@](O)(C#CCN(CCO)C(C)(C)C)c2ccccc2)CCCC1. The Morgan fingerprint density at radius 1 is 1.12 bits per heavy atom. The highest BCUT2D eigenvalue weighted by atomic mass is 16.3. The fourth-order valence-corrected chi connectivity index (χ4v) is 4.25. The van der Waals surface area contributed by atoms with Gasteiger partial charge in [-0.2, -0.15) is 0 Å². The second-order valence-electron chi connectivity index (χ2n) is 8.54. The highest BCUT2D eigenvalue weighted by Gasteiger charge is 2.50. The van der Waals surface area contributed by atoms with E-state index in [4.69, 9.17) is 0 Å². The number of β-amino-alcohol motifs (C(OH)–C–C–N with tert-alkyl or cyclic N) is 1. The minimum Gasteiger partial charge on any atom is -0.395 e. The van der Waals surface area contributed by atoms with Crippen molar-refractivity contribution < 1.29 is 10.2 Å². The van der Waals surface area contributed by atoms with E-state index in [1.165, 1.54) is 0 Å². The first-order chi connectivity index (χ1) is 12.3. The molecule has 1 aliphatic carbocycles. The predicted molar refractivity (Wildman–Crippen MR) is 108 cm³/mol. The van der Waals surface area contributed by atoms with Crippen LogP contribution >= 0.6 is 0 Å². The molecule has 1 aromatic carbocycles. The van der Waals surface area contributed by atoms with Crippen LogP contribution in [0.1, 0.15) is 65.4 Å². The van der Waals surface area contributed by atoms with Crippen molar-refractivity contribution in [3.8, 4) is 11.8 Å². The largest absolute Gasteiger partial charge is 0.395 e. The molecule has 0 amide bonds. The Labute approximate surface area is 159 Å². The van der Waals surface area contributed by atoms with Crippen molar-refractivity contribution in [1.82, 2.24) is 4.90 Å². The lowest BCUT2D eigenvalue weighted by Crippen LogP contribution is -2.44. The molecule has 3 heteroatoms. The van der Waals surface area contributed by atoms with Crippen LogP contribution < -0.4 is 0 Å². The molecule has 0 unspecified atom stereocenters. The Morgan fingerprint density at radius 2 is 1.73 bits per heavy atom. The Kier molecular flexibility index (Phi) is 6.91. The summed E-state index contributed by atoms with van der Waals surface area (Å²) in [5, 5.41) is 21.2. The highest BCUT2D eigenvalue weighted by molar-refractivity contribution is 5.36. The summed E-state index contributed by atoms with van der Waals surface area (Å²) in [5.74, 6) is 6.56. The predicted octanol–water partition coefficient (Wildman–Crippen LogP) is 3.94. The van der Waals surface area contributed by atoms with E-state index in [0.29, 0.717) is 13.1 Å². The minimum absolute atomic E-state index is 0.0714. The van der Waals surface area contributed by atoms with Gasteiger partial charge in [0.05, 0.1) is 13.2 Å². The average Bonchev–Trinajstić information content (AvgIpc) is 3.11. The van der Waals surface area contributed by atoms with Crippen molar-refractivity contribution in [3.05, 3.63) is 35.9 Å². The Bertz CT molecular complexity index is 617. The second-order valence-corrected chi connectivity index (χ2v) is 8.54. The van der Waals surface area contributed by atoms with E-state index >= 15 is 0 Å². The zero-order valence-electron chi connectivity index (χ0n) is 16.9. The molecule has 0 saturated heterocycles. The van der Waals surface area contributed by atoms with Gasteiger partial charge in [0.15, 0.2) is 5.60 Å². The lowest BCUT2D eigenvalue weighted by molar-refractivity contribution is -0.0423. The molecular weight excluding hydrogens is 322 g/mol. The zero-order valence-corrected chi connectivity index (χ0v) is 16.9. The highest BCUT2D eigenvalue weighted by Crippen LogP contribution is 2.53. The molecule has 1 aromatic rings. The maximum atomic E-state index is 11.8. The quantitative estimate of drug-likeness (QED) is 0.758. The van der Waals surface area contributed by atoms with Crippen LogP contribution in [0.25, 0.3) is 0 Å². The van der Waals surface area contributed by atoms with Gasteiger partial charge in [0.25, 0.3) is 0 Å². The maximum absolute atomic E-state index is 11.8. The normalized spacial score (nSPS) is 19.0. The van der Waals surface area contributed by atoms with E-state index in [1.807, 2.05) is 30.3 Å². The molecule has 0 radical (unpaired) electrons. The average molecular weight is 358 g/mol. The molecule has 144 valence electrons. The van der Waals surface area contributed by atoms with Crippen LogP contribution in [0, 0.1) is 17.3 Å². The van der Waals surface area contributed by atoms with Gasteiger partial charge in [-0.05, 0) is 45.6 Å². The lowest BCUT2D eigenvalue weighted by atomic mass is 9.65. The molecule has 1 fully saturated rings. The van der Waals surface area contributed by atoms with Crippen molar-refractivity contribution in [1.29, 1.82) is 0 Å². The maximum Gasteiger partial charge on any atom is 0.156 e. The van der Waals surface area contributed by atoms with E-state index in [9.17, 15) is 10.2 Å². The van der Waals surface area contributed by atoms with Gasteiger partial charge in [-0.3, -0.25) is 4.90 Å². The third-order valence-corrected chi connectivity index (χ3v) is 6.05. The van der Waals surface area contributed by atoms with E-state index < -0.39 is 5.60 Å². The summed E-state index contributed by atoms with van der Waals surface area (Å²) in [5.41, 5.74) is -0.466. The van der Waals surface area contributed by atoms with E-state index in [0.717, 1.165) is 37.7 Å². The van der Waals surface area contributed by atoms with Gasteiger partial charge < -0.3 is 10.2 Å². The molecule has 0 bridgehead atoms. The van der Waals surface area contributed by atoms with Crippen molar-refractivity contribution in [2.45, 2.75) is 70.9 Å². The number of rotatable bonds is 6. The van der Waals surface area contributed by atoms with Gasteiger partial charge in [-0.15, -0.1) is 0 Å². The summed E-state index contributed by atoms with van der Waals surface area (Å²) in [4.78, 5) is 2.15. The van der Waals surface area contributed by atoms with Crippen molar-refractivity contribution in [2.75, 3.05) is 19.7 Å². The molecule has 0 aliphatic heterocycles. The number of nitrogens with zero attached hydrogens (tertiary/aromatic N) is 1. The van der Waals surface area contributed by atoms with Crippen LogP contribution in [0.4, 0.5) is 0 Å². The van der Waals surface area contributed by atoms with Crippen LogP contribution in [0.15, 0.2) is 30.3 Å². The number of benzene rings is 1. The first-order valence-corrected chi connectivity index (χ1v) is 9.93. The molecule has 3 nitrogen and oxygen atoms in total. The molecular formula is C23H35NO2. The number of aliphatic hydroxyl groups excluding tert-OH is 1. The Morgan fingerprint density at radius 3 is 2.23 bits per heavy atom. The van der Waals surface area contributed by atoms with Gasteiger partial charge in [0.1, 0.15) is 0 Å². The third kappa shape index (κ3) is 4.31. The molecule has 1 aliphatic rings.